The highest BCUT2D eigenvalue weighted by atomic mass is 79.9. The molecule has 0 amide bonds. The van der Waals surface area contributed by atoms with Gasteiger partial charge >= 0.3 is 0 Å². The molecule has 0 atom stereocenters. The van der Waals surface area contributed by atoms with E-state index in [1.165, 1.54) is 0 Å². The first-order valence-electron chi connectivity index (χ1n) is 3.78. The molecule has 0 saturated carbocycles. The van der Waals surface area contributed by atoms with Crippen LogP contribution in [0.25, 0.3) is 0 Å². The normalized spacial score (nSPS) is 10.8. The van der Waals surface area contributed by atoms with Gasteiger partial charge in [-0.1, -0.05) is 15.9 Å². The largest absolute Gasteiger partial charge is 0.364 e. The van der Waals surface area contributed by atoms with Crippen LogP contribution in [0.15, 0.2) is 36.7 Å². The Morgan fingerprint density at radius 3 is 1.83 bits per heavy atom. The minimum atomic E-state index is 0.238. The average molecular weight is 225 g/mol. The minimum Gasteiger partial charge on any atom is -0.364 e. The number of aromatic amines is 2. The molecular weight excluding hydrogens is 216 g/mol. The highest BCUT2D eigenvalue weighted by Gasteiger charge is 2.10. The summed E-state index contributed by atoms with van der Waals surface area (Å²) in [6.07, 6.45) is 3.85. The standard InChI is InChI=1S/C9H9BrN2/c10-9(7-3-1-5-11-7)8-4-2-6-12-8/h1-6,9,11-12H. The summed E-state index contributed by atoms with van der Waals surface area (Å²) in [6, 6.07) is 8.10. The molecule has 2 aromatic heterocycles. The summed E-state index contributed by atoms with van der Waals surface area (Å²) in [5.74, 6) is 0. The third-order valence-electron chi connectivity index (χ3n) is 1.79. The van der Waals surface area contributed by atoms with Crippen LogP contribution in [0, 0.1) is 0 Å². The van der Waals surface area contributed by atoms with Crippen molar-refractivity contribution in [1.82, 2.24) is 9.97 Å². The molecule has 2 N–H and O–H groups in total. The van der Waals surface area contributed by atoms with Gasteiger partial charge in [-0.2, -0.15) is 0 Å². The molecular formula is C9H9BrN2. The Bertz CT molecular complexity index is 289. The highest BCUT2D eigenvalue weighted by molar-refractivity contribution is 9.09. The van der Waals surface area contributed by atoms with Crippen molar-refractivity contribution in [1.29, 1.82) is 0 Å². The number of nitrogens with one attached hydrogen (secondary N) is 2. The molecule has 2 heterocycles. The first kappa shape index (κ1) is 7.68. The summed E-state index contributed by atoms with van der Waals surface area (Å²) in [7, 11) is 0. The second kappa shape index (κ2) is 3.19. The summed E-state index contributed by atoms with van der Waals surface area (Å²) in [6.45, 7) is 0. The van der Waals surface area contributed by atoms with E-state index in [4.69, 9.17) is 0 Å². The Hall–Kier alpha value is -0.960. The lowest BCUT2D eigenvalue weighted by atomic mass is 10.2. The molecule has 0 saturated heterocycles. The summed E-state index contributed by atoms with van der Waals surface area (Å²) in [5, 5.41) is 0. The second-order valence-corrected chi connectivity index (χ2v) is 3.53. The molecule has 0 fully saturated rings. The predicted molar refractivity (Wildman–Crippen MR) is 52.4 cm³/mol. The molecule has 0 unspecified atom stereocenters. The van der Waals surface area contributed by atoms with Crippen molar-refractivity contribution >= 4 is 15.9 Å². The third kappa shape index (κ3) is 1.32. The molecule has 0 spiro atoms. The summed E-state index contributed by atoms with van der Waals surface area (Å²) in [5.41, 5.74) is 2.33. The van der Waals surface area contributed by atoms with Gasteiger partial charge in [0.1, 0.15) is 0 Å². The van der Waals surface area contributed by atoms with E-state index >= 15 is 0 Å². The van der Waals surface area contributed by atoms with Crippen molar-refractivity contribution < 1.29 is 0 Å². The Labute approximate surface area is 79.1 Å². The Morgan fingerprint density at radius 1 is 1.00 bits per heavy atom. The van der Waals surface area contributed by atoms with E-state index in [1.54, 1.807) is 0 Å². The molecule has 3 heteroatoms. The zero-order chi connectivity index (χ0) is 8.39. The molecule has 2 nitrogen and oxygen atoms in total. The maximum Gasteiger partial charge on any atom is 0.0943 e. The number of alkyl halides is 1. The van der Waals surface area contributed by atoms with Gasteiger partial charge in [0.05, 0.1) is 4.83 Å². The summed E-state index contributed by atoms with van der Waals surface area (Å²) in [4.78, 5) is 6.56. The Balaban J connectivity index is 2.27. The topological polar surface area (TPSA) is 31.6 Å². The lowest BCUT2D eigenvalue weighted by Crippen LogP contribution is -1.91. The molecule has 0 radical (unpaired) electrons. The zero-order valence-corrected chi connectivity index (χ0v) is 8.01. The molecule has 0 bridgehead atoms. The zero-order valence-electron chi connectivity index (χ0n) is 6.42. The lowest BCUT2D eigenvalue weighted by Gasteiger charge is -2.04. The maximum absolute atomic E-state index is 3.59. The third-order valence-corrected chi connectivity index (χ3v) is 2.78. The van der Waals surface area contributed by atoms with E-state index < -0.39 is 0 Å². The van der Waals surface area contributed by atoms with Crippen molar-refractivity contribution in [2.24, 2.45) is 0 Å². The van der Waals surface area contributed by atoms with Gasteiger partial charge in [0.25, 0.3) is 0 Å². The van der Waals surface area contributed by atoms with Crippen molar-refractivity contribution in [2.75, 3.05) is 0 Å². The second-order valence-electron chi connectivity index (χ2n) is 2.61. The van der Waals surface area contributed by atoms with Crippen LogP contribution in [0.2, 0.25) is 0 Å². The first-order chi connectivity index (χ1) is 5.88. The van der Waals surface area contributed by atoms with Gasteiger partial charge in [-0.05, 0) is 24.3 Å². The maximum atomic E-state index is 3.59. The van der Waals surface area contributed by atoms with Crippen LogP contribution in [0.1, 0.15) is 16.2 Å². The van der Waals surface area contributed by atoms with Crippen LogP contribution in [-0.2, 0) is 0 Å². The minimum absolute atomic E-state index is 0.238. The fourth-order valence-electron chi connectivity index (χ4n) is 1.17. The van der Waals surface area contributed by atoms with Gasteiger partial charge in [0, 0.05) is 23.8 Å². The van der Waals surface area contributed by atoms with Gasteiger partial charge in [-0.25, -0.2) is 0 Å². The average Bonchev–Trinajstić information content (AvgIpc) is 2.77. The van der Waals surface area contributed by atoms with E-state index in [1.807, 2.05) is 24.5 Å². The van der Waals surface area contributed by atoms with Gasteiger partial charge in [-0.3, -0.25) is 0 Å². The number of aromatic nitrogens is 2. The van der Waals surface area contributed by atoms with Crippen molar-refractivity contribution in [3.63, 3.8) is 0 Å². The van der Waals surface area contributed by atoms with E-state index in [2.05, 4.69) is 38.0 Å². The van der Waals surface area contributed by atoms with Crippen molar-refractivity contribution in [2.45, 2.75) is 4.83 Å². The number of hydrogen-bond donors (Lipinski definition) is 2. The van der Waals surface area contributed by atoms with Crippen LogP contribution in [0.3, 0.4) is 0 Å². The van der Waals surface area contributed by atoms with Crippen molar-refractivity contribution in [3.05, 3.63) is 48.0 Å². The smallest absolute Gasteiger partial charge is 0.0943 e. The molecule has 12 heavy (non-hydrogen) atoms. The van der Waals surface area contributed by atoms with Crippen LogP contribution in [0.5, 0.6) is 0 Å². The summed E-state index contributed by atoms with van der Waals surface area (Å²) < 4.78 is 0. The van der Waals surface area contributed by atoms with E-state index in [0.29, 0.717) is 0 Å². The molecule has 0 aliphatic rings. The summed E-state index contributed by atoms with van der Waals surface area (Å²) >= 11 is 3.59. The van der Waals surface area contributed by atoms with Crippen LogP contribution >= 0.6 is 15.9 Å². The van der Waals surface area contributed by atoms with E-state index in [9.17, 15) is 0 Å². The molecule has 2 rings (SSSR count). The number of rotatable bonds is 2. The molecule has 0 aliphatic heterocycles. The fourth-order valence-corrected chi connectivity index (χ4v) is 1.74. The van der Waals surface area contributed by atoms with E-state index in [0.717, 1.165) is 11.4 Å². The monoisotopic (exact) mass is 224 g/mol. The van der Waals surface area contributed by atoms with E-state index in [-0.39, 0.29) is 4.83 Å². The highest BCUT2D eigenvalue weighted by Crippen LogP contribution is 2.27. The molecule has 0 aliphatic carbocycles. The Kier molecular flexibility index (Phi) is 2.04. The molecule has 0 aromatic carbocycles. The SMILES string of the molecule is BrC(c1ccc[nH]1)c1ccc[nH]1. The quantitative estimate of drug-likeness (QED) is 0.736. The van der Waals surface area contributed by atoms with Gasteiger partial charge in [0.15, 0.2) is 0 Å². The van der Waals surface area contributed by atoms with Crippen LogP contribution in [-0.4, -0.2) is 9.97 Å². The predicted octanol–water partition coefficient (Wildman–Crippen LogP) is 2.83. The molecule has 2 aromatic rings. The fraction of sp³-hybridized carbons (Fsp3) is 0.111. The Morgan fingerprint density at radius 2 is 1.50 bits per heavy atom. The van der Waals surface area contributed by atoms with Gasteiger partial charge in [-0.15, -0.1) is 0 Å². The van der Waals surface area contributed by atoms with Gasteiger partial charge in [0.2, 0.25) is 0 Å². The number of hydrogen-bond acceptors (Lipinski definition) is 0. The van der Waals surface area contributed by atoms with Crippen LogP contribution in [0.4, 0.5) is 0 Å². The first-order valence-corrected chi connectivity index (χ1v) is 4.70. The number of halogens is 1. The lowest BCUT2D eigenvalue weighted by molar-refractivity contribution is 1.04. The van der Waals surface area contributed by atoms with Crippen LogP contribution < -0.4 is 0 Å². The molecule has 62 valence electrons. The van der Waals surface area contributed by atoms with Crippen molar-refractivity contribution in [3.8, 4) is 0 Å². The number of H-pyrrole nitrogens is 2. The van der Waals surface area contributed by atoms with Gasteiger partial charge < -0.3 is 9.97 Å².